The van der Waals surface area contributed by atoms with E-state index in [1.807, 2.05) is 29.2 Å². The van der Waals surface area contributed by atoms with Gasteiger partial charge in [0.25, 0.3) is 0 Å². The van der Waals surface area contributed by atoms with Gasteiger partial charge in [-0.1, -0.05) is 34.1 Å². The highest BCUT2D eigenvalue weighted by Crippen LogP contribution is 2.24. The van der Waals surface area contributed by atoms with Gasteiger partial charge in [0.1, 0.15) is 5.82 Å². The highest BCUT2D eigenvalue weighted by molar-refractivity contribution is 9.10. The molecule has 1 aliphatic rings. The third-order valence-corrected chi connectivity index (χ3v) is 4.94. The van der Waals surface area contributed by atoms with Crippen molar-refractivity contribution >= 4 is 33.2 Å². The first-order valence-electron chi connectivity index (χ1n) is 8.29. The van der Waals surface area contributed by atoms with Gasteiger partial charge < -0.3 is 15.0 Å². The van der Waals surface area contributed by atoms with Crippen molar-refractivity contribution in [1.29, 1.82) is 0 Å². The highest BCUT2D eigenvalue weighted by Gasteiger charge is 2.15. The minimum absolute atomic E-state index is 0.130. The number of carbonyl (C=O) groups is 1. The fraction of sp³-hybridized carbons (Fsp3) is 0.316. The number of carbonyl (C=O) groups excluding carboxylic acids is 1. The standard InChI is InChI=1S/C19H20BrFN2O2/c20-16-4-2-1-3-14(16)5-8-19(24)22-15-6-7-18(17(21)13-15)23-9-11-25-12-10-23/h1-4,6-7,13H,5,8-12H2,(H,22,24). The van der Waals surface area contributed by atoms with E-state index in [2.05, 4.69) is 21.2 Å². The van der Waals surface area contributed by atoms with Gasteiger partial charge in [-0.3, -0.25) is 4.79 Å². The Hall–Kier alpha value is -1.92. The molecule has 132 valence electrons. The van der Waals surface area contributed by atoms with Gasteiger partial charge in [-0.15, -0.1) is 0 Å². The average Bonchev–Trinajstić information content (AvgIpc) is 2.62. The molecule has 0 unspecified atom stereocenters. The van der Waals surface area contributed by atoms with Gasteiger partial charge in [-0.25, -0.2) is 4.39 Å². The molecule has 1 amide bonds. The molecule has 0 saturated carbocycles. The Morgan fingerprint density at radius 2 is 1.96 bits per heavy atom. The number of anilines is 2. The monoisotopic (exact) mass is 406 g/mol. The number of benzene rings is 2. The number of ether oxygens (including phenoxy) is 1. The molecule has 0 spiro atoms. The molecule has 2 aromatic rings. The number of nitrogens with one attached hydrogen (secondary N) is 1. The maximum absolute atomic E-state index is 14.3. The van der Waals surface area contributed by atoms with E-state index < -0.39 is 0 Å². The third kappa shape index (κ3) is 4.80. The van der Waals surface area contributed by atoms with Crippen LogP contribution in [0.2, 0.25) is 0 Å². The van der Waals surface area contributed by atoms with Crippen LogP contribution in [0.4, 0.5) is 15.8 Å². The molecule has 2 aromatic carbocycles. The highest BCUT2D eigenvalue weighted by atomic mass is 79.9. The average molecular weight is 407 g/mol. The molecule has 1 aliphatic heterocycles. The van der Waals surface area contributed by atoms with Crippen molar-refractivity contribution in [1.82, 2.24) is 0 Å². The molecule has 0 aliphatic carbocycles. The zero-order chi connectivity index (χ0) is 17.6. The van der Waals surface area contributed by atoms with Crippen LogP contribution in [0.5, 0.6) is 0 Å². The molecule has 25 heavy (non-hydrogen) atoms. The molecule has 6 heteroatoms. The van der Waals surface area contributed by atoms with E-state index in [1.54, 1.807) is 12.1 Å². The zero-order valence-electron chi connectivity index (χ0n) is 13.8. The van der Waals surface area contributed by atoms with Crippen molar-refractivity contribution in [3.8, 4) is 0 Å². The lowest BCUT2D eigenvalue weighted by Gasteiger charge is -2.29. The number of morpholine rings is 1. The molecule has 3 rings (SSSR count). The molecular formula is C19H20BrFN2O2. The molecule has 0 radical (unpaired) electrons. The minimum Gasteiger partial charge on any atom is -0.378 e. The topological polar surface area (TPSA) is 41.6 Å². The number of hydrogen-bond acceptors (Lipinski definition) is 3. The van der Waals surface area contributed by atoms with Crippen LogP contribution in [0.25, 0.3) is 0 Å². The first kappa shape index (κ1) is 17.9. The van der Waals surface area contributed by atoms with E-state index in [-0.39, 0.29) is 11.7 Å². The van der Waals surface area contributed by atoms with E-state index in [1.165, 1.54) is 6.07 Å². The van der Waals surface area contributed by atoms with E-state index in [0.717, 1.165) is 10.0 Å². The minimum atomic E-state index is -0.328. The van der Waals surface area contributed by atoms with Gasteiger partial charge in [0.2, 0.25) is 5.91 Å². The van der Waals surface area contributed by atoms with Crippen LogP contribution >= 0.6 is 15.9 Å². The van der Waals surface area contributed by atoms with Crippen molar-refractivity contribution in [3.05, 3.63) is 58.3 Å². The fourth-order valence-electron chi connectivity index (χ4n) is 2.82. The van der Waals surface area contributed by atoms with Gasteiger partial charge in [0, 0.05) is 29.7 Å². The summed E-state index contributed by atoms with van der Waals surface area (Å²) in [5.41, 5.74) is 2.10. The Balaban J connectivity index is 1.58. The van der Waals surface area contributed by atoms with Crippen LogP contribution in [0, 0.1) is 5.82 Å². The summed E-state index contributed by atoms with van der Waals surface area (Å²) < 4.78 is 20.6. The summed E-state index contributed by atoms with van der Waals surface area (Å²) in [6.45, 7) is 2.56. The van der Waals surface area contributed by atoms with Gasteiger partial charge in [-0.2, -0.15) is 0 Å². The molecule has 0 bridgehead atoms. The maximum atomic E-state index is 14.3. The third-order valence-electron chi connectivity index (χ3n) is 4.16. The normalized spacial score (nSPS) is 14.4. The first-order valence-corrected chi connectivity index (χ1v) is 9.08. The maximum Gasteiger partial charge on any atom is 0.224 e. The van der Waals surface area contributed by atoms with Crippen LogP contribution in [0.15, 0.2) is 46.9 Å². The molecular weight excluding hydrogens is 387 g/mol. The lowest BCUT2D eigenvalue weighted by Crippen LogP contribution is -2.36. The summed E-state index contributed by atoms with van der Waals surface area (Å²) in [5, 5.41) is 2.77. The van der Waals surface area contributed by atoms with Crippen LogP contribution in [0.3, 0.4) is 0 Å². The molecule has 1 fully saturated rings. The Morgan fingerprint density at radius 1 is 1.20 bits per heavy atom. The Labute approximate surface area is 155 Å². The second-order valence-electron chi connectivity index (χ2n) is 5.91. The number of rotatable bonds is 5. The largest absolute Gasteiger partial charge is 0.378 e. The Bertz CT molecular complexity index is 748. The summed E-state index contributed by atoms with van der Waals surface area (Å²) in [4.78, 5) is 14.1. The Morgan fingerprint density at radius 3 is 2.68 bits per heavy atom. The van der Waals surface area contributed by atoms with Crippen LogP contribution in [-0.2, 0) is 16.0 Å². The number of amides is 1. The molecule has 0 atom stereocenters. The number of hydrogen-bond donors (Lipinski definition) is 1. The van der Waals surface area contributed by atoms with Gasteiger partial charge in [0.05, 0.1) is 18.9 Å². The van der Waals surface area contributed by atoms with E-state index in [4.69, 9.17) is 4.74 Å². The van der Waals surface area contributed by atoms with Gasteiger partial charge in [-0.05, 0) is 36.2 Å². The summed E-state index contributed by atoms with van der Waals surface area (Å²) in [6.07, 6.45) is 0.969. The smallest absolute Gasteiger partial charge is 0.224 e. The van der Waals surface area contributed by atoms with Gasteiger partial charge in [0.15, 0.2) is 0 Å². The SMILES string of the molecule is O=C(CCc1ccccc1Br)Nc1ccc(N2CCOCC2)c(F)c1. The van der Waals surface area contributed by atoms with Crippen LogP contribution < -0.4 is 10.2 Å². The predicted molar refractivity (Wildman–Crippen MR) is 101 cm³/mol. The number of aryl methyl sites for hydroxylation is 1. The Kier molecular flexibility index (Phi) is 6.04. The summed E-state index contributed by atoms with van der Waals surface area (Å²) in [6, 6.07) is 12.6. The lowest BCUT2D eigenvalue weighted by molar-refractivity contribution is -0.116. The lowest BCUT2D eigenvalue weighted by atomic mass is 10.1. The zero-order valence-corrected chi connectivity index (χ0v) is 15.4. The van der Waals surface area contributed by atoms with Gasteiger partial charge >= 0.3 is 0 Å². The quantitative estimate of drug-likeness (QED) is 0.815. The van der Waals surface area contributed by atoms with Crippen molar-refractivity contribution in [3.63, 3.8) is 0 Å². The summed E-state index contributed by atoms with van der Waals surface area (Å²) in [7, 11) is 0. The number of nitrogens with zero attached hydrogens (tertiary/aromatic N) is 1. The summed E-state index contributed by atoms with van der Waals surface area (Å²) >= 11 is 3.47. The van der Waals surface area contributed by atoms with Crippen LogP contribution in [0.1, 0.15) is 12.0 Å². The molecule has 1 saturated heterocycles. The van der Waals surface area contributed by atoms with E-state index in [0.29, 0.717) is 50.5 Å². The second kappa shape index (κ2) is 8.45. The first-order chi connectivity index (χ1) is 12.1. The van der Waals surface area contributed by atoms with E-state index in [9.17, 15) is 9.18 Å². The van der Waals surface area contributed by atoms with Crippen molar-refractivity contribution in [2.24, 2.45) is 0 Å². The number of halogens is 2. The predicted octanol–water partition coefficient (Wildman–Crippen LogP) is 4.00. The van der Waals surface area contributed by atoms with E-state index >= 15 is 0 Å². The van der Waals surface area contributed by atoms with Crippen molar-refractivity contribution < 1.29 is 13.9 Å². The van der Waals surface area contributed by atoms with Crippen LogP contribution in [-0.4, -0.2) is 32.2 Å². The molecule has 4 nitrogen and oxygen atoms in total. The van der Waals surface area contributed by atoms with Crippen molar-refractivity contribution in [2.75, 3.05) is 36.5 Å². The molecule has 1 N–H and O–H groups in total. The fourth-order valence-corrected chi connectivity index (χ4v) is 3.30. The molecule has 0 aromatic heterocycles. The summed E-state index contributed by atoms with van der Waals surface area (Å²) in [5.74, 6) is -0.459. The molecule has 1 heterocycles. The van der Waals surface area contributed by atoms with Crippen molar-refractivity contribution in [2.45, 2.75) is 12.8 Å². The second-order valence-corrected chi connectivity index (χ2v) is 6.76.